The average Bonchev–Trinajstić information content (AvgIpc) is 3.08. The fourth-order valence-corrected chi connectivity index (χ4v) is 4.13. The Bertz CT molecular complexity index is 1050. The lowest BCUT2D eigenvalue weighted by atomic mass is 9.95. The molecule has 0 spiro atoms. The number of piperidine rings is 1. The summed E-state index contributed by atoms with van der Waals surface area (Å²) in [4.78, 5) is 31.5. The number of carbonyl (C=O) groups excluding carboxylic acids is 2. The molecule has 1 fully saturated rings. The van der Waals surface area contributed by atoms with Crippen molar-refractivity contribution in [3.8, 4) is 0 Å². The van der Waals surface area contributed by atoms with Crippen LogP contribution < -0.4 is 0 Å². The van der Waals surface area contributed by atoms with Crippen LogP contribution in [0.3, 0.4) is 0 Å². The first-order chi connectivity index (χ1) is 14.1. The van der Waals surface area contributed by atoms with Crippen molar-refractivity contribution < 1.29 is 14.3 Å². The maximum Gasteiger partial charge on any atom is 0.338 e. The minimum Gasteiger partial charge on any atom is -0.465 e. The van der Waals surface area contributed by atoms with Gasteiger partial charge in [-0.05, 0) is 49.9 Å². The third-order valence-electron chi connectivity index (χ3n) is 5.75. The minimum absolute atomic E-state index is 0.103. The van der Waals surface area contributed by atoms with Gasteiger partial charge in [0.05, 0.1) is 29.3 Å². The number of aromatic nitrogens is 2. The third-order valence-corrected chi connectivity index (χ3v) is 5.75. The number of para-hydroxylation sites is 2. The second-order valence-electron chi connectivity index (χ2n) is 7.53. The highest BCUT2D eigenvalue weighted by atomic mass is 16.5. The number of fused-ring (bicyclic) bond motifs is 1. The zero-order chi connectivity index (χ0) is 20.4. The highest BCUT2D eigenvalue weighted by molar-refractivity contribution is 6.05. The minimum atomic E-state index is -0.480. The van der Waals surface area contributed by atoms with E-state index in [1.165, 1.54) is 7.11 Å². The van der Waals surface area contributed by atoms with Gasteiger partial charge in [0.15, 0.2) is 0 Å². The number of amides is 1. The molecule has 0 atom stereocenters. The van der Waals surface area contributed by atoms with E-state index in [-0.39, 0.29) is 5.91 Å². The molecule has 1 saturated heterocycles. The molecule has 0 saturated carbocycles. The molecule has 0 aliphatic carbocycles. The van der Waals surface area contributed by atoms with Gasteiger partial charge in [-0.25, -0.2) is 9.78 Å². The van der Waals surface area contributed by atoms with Gasteiger partial charge in [-0.3, -0.25) is 4.79 Å². The first-order valence-electron chi connectivity index (χ1n) is 9.97. The summed E-state index contributed by atoms with van der Waals surface area (Å²) in [6.07, 6.45) is 1.86. The topological polar surface area (TPSA) is 64.4 Å². The van der Waals surface area contributed by atoms with Gasteiger partial charge >= 0.3 is 5.97 Å². The Kier molecular flexibility index (Phi) is 5.34. The predicted molar refractivity (Wildman–Crippen MR) is 111 cm³/mol. The zero-order valence-electron chi connectivity index (χ0n) is 16.8. The largest absolute Gasteiger partial charge is 0.465 e. The standard InChI is InChI=1S/C23H25N3O3/c1-16-24-20-9-5-6-10-21(20)26(16)15-17-11-13-25(14-12-17)22(27)18-7-3-4-8-19(18)23(28)29-2/h3-10,17H,11-15H2,1-2H3. The molecule has 150 valence electrons. The molecule has 0 N–H and O–H groups in total. The van der Waals surface area contributed by atoms with Crippen LogP contribution in [0.1, 0.15) is 39.4 Å². The molecule has 1 aliphatic rings. The van der Waals surface area contributed by atoms with Gasteiger partial charge < -0.3 is 14.2 Å². The molecule has 1 amide bonds. The summed E-state index contributed by atoms with van der Waals surface area (Å²) in [5.41, 5.74) is 2.92. The molecule has 2 aromatic carbocycles. The van der Waals surface area contributed by atoms with E-state index in [1.807, 2.05) is 30.0 Å². The van der Waals surface area contributed by atoms with Crippen LogP contribution in [-0.2, 0) is 11.3 Å². The molecule has 29 heavy (non-hydrogen) atoms. The lowest BCUT2D eigenvalue weighted by molar-refractivity contribution is 0.0583. The van der Waals surface area contributed by atoms with Gasteiger partial charge in [0.2, 0.25) is 0 Å². The Hall–Kier alpha value is -3.15. The fraction of sp³-hybridized carbons (Fsp3) is 0.348. The Morgan fingerprint density at radius 3 is 2.41 bits per heavy atom. The van der Waals surface area contributed by atoms with Crippen LogP contribution in [0, 0.1) is 12.8 Å². The first-order valence-corrected chi connectivity index (χ1v) is 9.97. The summed E-state index contributed by atoms with van der Waals surface area (Å²) in [6, 6.07) is 15.1. The fourth-order valence-electron chi connectivity index (χ4n) is 4.13. The van der Waals surface area contributed by atoms with Crippen molar-refractivity contribution in [2.24, 2.45) is 5.92 Å². The smallest absolute Gasteiger partial charge is 0.338 e. The summed E-state index contributed by atoms with van der Waals surface area (Å²) in [5.74, 6) is 0.933. The van der Waals surface area contributed by atoms with Gasteiger partial charge in [-0.2, -0.15) is 0 Å². The number of hydrogen-bond acceptors (Lipinski definition) is 4. The summed E-state index contributed by atoms with van der Waals surface area (Å²) in [7, 11) is 1.33. The normalized spacial score (nSPS) is 14.9. The van der Waals surface area contributed by atoms with E-state index in [0.717, 1.165) is 36.2 Å². The molecular formula is C23H25N3O3. The number of rotatable bonds is 4. The van der Waals surface area contributed by atoms with Crippen LogP contribution >= 0.6 is 0 Å². The summed E-state index contributed by atoms with van der Waals surface area (Å²) in [5, 5.41) is 0. The second-order valence-corrected chi connectivity index (χ2v) is 7.53. The van der Waals surface area contributed by atoms with Gasteiger partial charge in [-0.1, -0.05) is 24.3 Å². The number of methoxy groups -OCH3 is 1. The predicted octanol–water partition coefficient (Wildman–Crippen LogP) is 3.68. The van der Waals surface area contributed by atoms with E-state index in [0.29, 0.717) is 30.1 Å². The van der Waals surface area contributed by atoms with Crippen molar-refractivity contribution in [1.82, 2.24) is 14.5 Å². The number of nitrogens with zero attached hydrogens (tertiary/aromatic N) is 3. The molecule has 0 unspecified atom stereocenters. The summed E-state index contributed by atoms with van der Waals surface area (Å²) < 4.78 is 7.10. The Morgan fingerprint density at radius 2 is 1.69 bits per heavy atom. The zero-order valence-corrected chi connectivity index (χ0v) is 16.8. The van der Waals surface area contributed by atoms with Crippen molar-refractivity contribution in [1.29, 1.82) is 0 Å². The summed E-state index contributed by atoms with van der Waals surface area (Å²) >= 11 is 0. The number of carbonyl (C=O) groups is 2. The van der Waals surface area contributed by atoms with Gasteiger partial charge in [0.1, 0.15) is 5.82 Å². The average molecular weight is 391 g/mol. The van der Waals surface area contributed by atoms with Crippen LogP contribution in [0.15, 0.2) is 48.5 Å². The maximum absolute atomic E-state index is 13.0. The van der Waals surface area contributed by atoms with Gasteiger partial charge in [0, 0.05) is 19.6 Å². The Morgan fingerprint density at radius 1 is 1.03 bits per heavy atom. The molecule has 4 rings (SSSR count). The highest BCUT2D eigenvalue weighted by Crippen LogP contribution is 2.25. The SMILES string of the molecule is COC(=O)c1ccccc1C(=O)N1CCC(Cn2c(C)nc3ccccc32)CC1. The molecule has 0 radical (unpaired) electrons. The second kappa shape index (κ2) is 8.07. The van der Waals surface area contributed by atoms with Crippen molar-refractivity contribution in [3.63, 3.8) is 0 Å². The lowest BCUT2D eigenvalue weighted by Gasteiger charge is -2.32. The Balaban J connectivity index is 1.44. The van der Waals surface area contributed by atoms with E-state index in [9.17, 15) is 9.59 Å². The van der Waals surface area contributed by atoms with Crippen molar-refractivity contribution in [2.75, 3.05) is 20.2 Å². The van der Waals surface area contributed by atoms with Crippen molar-refractivity contribution in [3.05, 3.63) is 65.5 Å². The van der Waals surface area contributed by atoms with Crippen LogP contribution in [0.5, 0.6) is 0 Å². The molecule has 6 nitrogen and oxygen atoms in total. The van der Waals surface area contributed by atoms with Crippen LogP contribution in [0.25, 0.3) is 11.0 Å². The monoisotopic (exact) mass is 391 g/mol. The quantitative estimate of drug-likeness (QED) is 0.637. The summed E-state index contributed by atoms with van der Waals surface area (Å²) in [6.45, 7) is 4.32. The molecule has 0 bridgehead atoms. The molecule has 1 aromatic heterocycles. The number of esters is 1. The van der Waals surface area contributed by atoms with Gasteiger partial charge in [0.25, 0.3) is 5.91 Å². The molecule has 6 heteroatoms. The number of aryl methyl sites for hydroxylation is 1. The number of imidazole rings is 1. The third kappa shape index (κ3) is 3.75. The number of ether oxygens (including phenoxy) is 1. The van der Waals surface area contributed by atoms with Crippen LogP contribution in [0.2, 0.25) is 0 Å². The number of hydrogen-bond donors (Lipinski definition) is 0. The van der Waals surface area contributed by atoms with Crippen molar-refractivity contribution in [2.45, 2.75) is 26.3 Å². The lowest BCUT2D eigenvalue weighted by Crippen LogP contribution is -2.40. The molecule has 2 heterocycles. The molecular weight excluding hydrogens is 366 g/mol. The molecule has 3 aromatic rings. The first kappa shape index (κ1) is 19.2. The van der Waals surface area contributed by atoms with Gasteiger partial charge in [-0.15, -0.1) is 0 Å². The van der Waals surface area contributed by atoms with E-state index in [1.54, 1.807) is 24.3 Å². The number of likely N-dealkylation sites (tertiary alicyclic amines) is 1. The maximum atomic E-state index is 13.0. The van der Waals surface area contributed by atoms with E-state index < -0.39 is 5.97 Å². The van der Waals surface area contributed by atoms with E-state index >= 15 is 0 Å². The van der Waals surface area contributed by atoms with E-state index in [4.69, 9.17) is 4.74 Å². The molecule has 1 aliphatic heterocycles. The van der Waals surface area contributed by atoms with E-state index in [2.05, 4.69) is 15.6 Å². The number of benzene rings is 2. The van der Waals surface area contributed by atoms with Crippen LogP contribution in [-0.4, -0.2) is 46.5 Å². The van der Waals surface area contributed by atoms with Crippen LogP contribution in [0.4, 0.5) is 0 Å². The Labute approximate surface area is 170 Å². The van der Waals surface area contributed by atoms with Crippen molar-refractivity contribution >= 4 is 22.9 Å². The highest BCUT2D eigenvalue weighted by Gasteiger charge is 2.27.